The Bertz CT molecular complexity index is 1370. The van der Waals surface area contributed by atoms with Gasteiger partial charge in [-0.3, -0.25) is 4.79 Å². The van der Waals surface area contributed by atoms with E-state index in [1.54, 1.807) is 12.3 Å². The number of carbonyl (C=O) groups is 1. The smallest absolute Gasteiger partial charge is 0.249 e. The van der Waals surface area contributed by atoms with Crippen LogP contribution in [0.15, 0.2) is 83.5 Å². The number of rotatable bonds is 4. The van der Waals surface area contributed by atoms with Gasteiger partial charge < -0.3 is 14.7 Å². The van der Waals surface area contributed by atoms with E-state index in [4.69, 9.17) is 21.8 Å². The van der Waals surface area contributed by atoms with E-state index in [1.165, 1.54) is 0 Å². The fourth-order valence-corrected chi connectivity index (χ4v) is 4.15. The Hall–Kier alpha value is -3.50. The van der Waals surface area contributed by atoms with Crippen molar-refractivity contribution in [2.75, 3.05) is 0 Å². The van der Waals surface area contributed by atoms with Gasteiger partial charge in [0.05, 0.1) is 17.3 Å². The zero-order valence-electron chi connectivity index (χ0n) is 15.4. The van der Waals surface area contributed by atoms with Gasteiger partial charge in [0.2, 0.25) is 5.91 Å². The molecule has 4 nitrogen and oxygen atoms in total. The molecule has 0 radical (unpaired) electrons. The van der Waals surface area contributed by atoms with Gasteiger partial charge in [-0.15, -0.1) is 0 Å². The van der Waals surface area contributed by atoms with Crippen LogP contribution < -0.4 is 5.73 Å². The second-order valence-corrected chi connectivity index (χ2v) is 7.43. The number of hydrogen-bond acceptors (Lipinski definition) is 2. The van der Waals surface area contributed by atoms with Gasteiger partial charge in [0.15, 0.2) is 0 Å². The van der Waals surface area contributed by atoms with Gasteiger partial charge in [0, 0.05) is 33.5 Å². The minimum absolute atomic E-state index is 0.437. The predicted octanol–water partition coefficient (Wildman–Crippen LogP) is 5.86. The number of hydrogen-bond donors (Lipinski definition) is 1. The molecule has 29 heavy (non-hydrogen) atoms. The second-order valence-electron chi connectivity index (χ2n) is 6.99. The summed E-state index contributed by atoms with van der Waals surface area (Å²) in [6.45, 7) is 0.615. The number of carbonyl (C=O) groups excluding carboxylic acids is 1. The molecule has 0 fully saturated rings. The molecule has 0 aliphatic rings. The lowest BCUT2D eigenvalue weighted by molar-refractivity contribution is 0.100. The molecular formula is C24H17ClN2O2. The first-order chi connectivity index (χ1) is 14.1. The maximum absolute atomic E-state index is 12.1. The van der Waals surface area contributed by atoms with E-state index < -0.39 is 5.91 Å². The fraction of sp³-hybridized carbons (Fsp3) is 0.0417. The third kappa shape index (κ3) is 2.98. The summed E-state index contributed by atoms with van der Waals surface area (Å²) < 4.78 is 7.77. The Morgan fingerprint density at radius 3 is 2.59 bits per heavy atom. The van der Waals surface area contributed by atoms with Crippen LogP contribution in [0.4, 0.5) is 0 Å². The van der Waals surface area contributed by atoms with Crippen LogP contribution in [0, 0.1) is 0 Å². The third-order valence-electron chi connectivity index (χ3n) is 5.19. The minimum atomic E-state index is -0.437. The molecule has 5 heteroatoms. The summed E-state index contributed by atoms with van der Waals surface area (Å²) in [4.78, 5) is 12.1. The van der Waals surface area contributed by atoms with Crippen molar-refractivity contribution < 1.29 is 9.21 Å². The number of nitrogens with two attached hydrogens (primary N) is 1. The van der Waals surface area contributed by atoms with Gasteiger partial charge >= 0.3 is 0 Å². The zero-order chi connectivity index (χ0) is 20.0. The normalized spacial score (nSPS) is 11.3. The molecule has 0 saturated carbocycles. The zero-order valence-corrected chi connectivity index (χ0v) is 16.2. The van der Waals surface area contributed by atoms with Gasteiger partial charge in [-0.2, -0.15) is 0 Å². The number of nitrogens with zero attached hydrogens (tertiary/aromatic N) is 1. The molecule has 2 aromatic heterocycles. The molecule has 5 rings (SSSR count). The number of primary amides is 1. The molecule has 1 amide bonds. The highest BCUT2D eigenvalue weighted by Crippen LogP contribution is 2.35. The van der Waals surface area contributed by atoms with E-state index in [0.717, 1.165) is 38.7 Å². The van der Waals surface area contributed by atoms with Gasteiger partial charge in [0.25, 0.3) is 0 Å². The standard InChI is InChI=1S/C24H17ClN2O2/c25-17-5-1-4-15(12-17)14-27-20-7-2-6-19(24(26)28)23(20)18-10-9-16(13-21(18)27)22-8-3-11-29-22/h1-13H,14H2,(H2,26,28). The molecular weight excluding hydrogens is 384 g/mol. The van der Waals surface area contributed by atoms with Crippen molar-refractivity contribution >= 4 is 39.3 Å². The average molecular weight is 401 g/mol. The van der Waals surface area contributed by atoms with Crippen molar-refractivity contribution in [3.05, 3.63) is 95.2 Å². The van der Waals surface area contributed by atoms with Crippen molar-refractivity contribution in [1.82, 2.24) is 4.57 Å². The molecule has 0 aliphatic heterocycles. The Morgan fingerprint density at radius 2 is 1.83 bits per heavy atom. The van der Waals surface area contributed by atoms with Gasteiger partial charge in [-0.05, 0) is 48.0 Å². The van der Waals surface area contributed by atoms with Crippen LogP contribution in [0.5, 0.6) is 0 Å². The summed E-state index contributed by atoms with van der Waals surface area (Å²) in [6, 6.07) is 23.3. The van der Waals surface area contributed by atoms with Gasteiger partial charge in [0.1, 0.15) is 5.76 Å². The van der Waals surface area contributed by atoms with E-state index in [-0.39, 0.29) is 0 Å². The number of benzene rings is 3. The number of fused-ring (bicyclic) bond motifs is 3. The monoisotopic (exact) mass is 400 g/mol. The largest absolute Gasteiger partial charge is 0.464 e. The summed E-state index contributed by atoms with van der Waals surface area (Å²) in [5.74, 6) is 0.356. The fourth-order valence-electron chi connectivity index (χ4n) is 3.93. The first-order valence-corrected chi connectivity index (χ1v) is 9.63. The number of halogens is 1. The van der Waals surface area contributed by atoms with Crippen molar-refractivity contribution in [3.63, 3.8) is 0 Å². The van der Waals surface area contributed by atoms with Gasteiger partial charge in [-0.25, -0.2) is 0 Å². The summed E-state index contributed by atoms with van der Waals surface area (Å²) in [6.07, 6.45) is 1.66. The maximum atomic E-state index is 12.1. The maximum Gasteiger partial charge on any atom is 0.249 e. The van der Waals surface area contributed by atoms with E-state index in [2.05, 4.69) is 10.6 Å². The van der Waals surface area contributed by atoms with Crippen LogP contribution in [0.2, 0.25) is 5.02 Å². The van der Waals surface area contributed by atoms with Crippen LogP contribution in [0.3, 0.4) is 0 Å². The Labute approximate surface area is 172 Å². The van der Waals surface area contributed by atoms with Crippen LogP contribution in [0.25, 0.3) is 33.1 Å². The summed E-state index contributed by atoms with van der Waals surface area (Å²) in [7, 11) is 0. The second kappa shape index (κ2) is 6.83. The molecule has 0 atom stereocenters. The first kappa shape index (κ1) is 17.6. The SMILES string of the molecule is NC(=O)c1cccc2c1c1ccc(-c3ccco3)cc1n2Cc1cccc(Cl)c1. The predicted molar refractivity (Wildman–Crippen MR) is 116 cm³/mol. The van der Waals surface area contributed by atoms with E-state index in [0.29, 0.717) is 17.1 Å². The first-order valence-electron chi connectivity index (χ1n) is 9.25. The highest BCUT2D eigenvalue weighted by atomic mass is 35.5. The third-order valence-corrected chi connectivity index (χ3v) is 5.43. The molecule has 0 aliphatic carbocycles. The van der Waals surface area contributed by atoms with Crippen LogP contribution in [-0.4, -0.2) is 10.5 Å². The Kier molecular flexibility index (Phi) is 4.14. The molecule has 2 N–H and O–H groups in total. The Morgan fingerprint density at radius 1 is 0.966 bits per heavy atom. The molecule has 142 valence electrons. The van der Waals surface area contributed by atoms with E-state index in [9.17, 15) is 4.79 Å². The molecule has 3 aromatic carbocycles. The minimum Gasteiger partial charge on any atom is -0.464 e. The number of amides is 1. The lowest BCUT2D eigenvalue weighted by Crippen LogP contribution is -2.11. The van der Waals surface area contributed by atoms with Crippen molar-refractivity contribution in [2.24, 2.45) is 5.73 Å². The van der Waals surface area contributed by atoms with Crippen LogP contribution in [0.1, 0.15) is 15.9 Å². The van der Waals surface area contributed by atoms with Crippen LogP contribution in [-0.2, 0) is 6.54 Å². The molecule has 0 saturated heterocycles. The van der Waals surface area contributed by atoms with Crippen molar-refractivity contribution in [2.45, 2.75) is 6.54 Å². The summed E-state index contributed by atoms with van der Waals surface area (Å²) in [5, 5.41) is 2.53. The van der Waals surface area contributed by atoms with Gasteiger partial charge in [-0.1, -0.05) is 41.9 Å². The lowest BCUT2D eigenvalue weighted by atomic mass is 10.0. The molecule has 5 aromatic rings. The van der Waals surface area contributed by atoms with Crippen molar-refractivity contribution in [3.8, 4) is 11.3 Å². The topological polar surface area (TPSA) is 61.2 Å². The molecule has 2 heterocycles. The Balaban J connectivity index is 1.82. The number of furan rings is 1. The molecule has 0 spiro atoms. The number of aromatic nitrogens is 1. The van der Waals surface area contributed by atoms with Crippen LogP contribution >= 0.6 is 11.6 Å². The highest BCUT2D eigenvalue weighted by molar-refractivity contribution is 6.30. The van der Waals surface area contributed by atoms with E-state index in [1.807, 2.05) is 60.7 Å². The molecule has 0 unspecified atom stereocenters. The molecule has 0 bridgehead atoms. The lowest BCUT2D eigenvalue weighted by Gasteiger charge is -2.09. The van der Waals surface area contributed by atoms with Crippen molar-refractivity contribution in [1.29, 1.82) is 0 Å². The summed E-state index contributed by atoms with van der Waals surface area (Å²) >= 11 is 6.20. The summed E-state index contributed by atoms with van der Waals surface area (Å²) in [5.41, 5.74) is 10.2. The average Bonchev–Trinajstić information content (AvgIpc) is 3.35. The van der Waals surface area contributed by atoms with E-state index >= 15 is 0 Å². The quantitative estimate of drug-likeness (QED) is 0.411. The highest BCUT2D eigenvalue weighted by Gasteiger charge is 2.17.